The number of hydrogen-bond donors (Lipinski definition) is 1. The number of rotatable bonds is 4. The van der Waals surface area contributed by atoms with Crippen molar-refractivity contribution in [2.24, 2.45) is 11.8 Å². The molecule has 1 atom stereocenters. The Bertz CT molecular complexity index is 342. The number of aryl methyl sites for hydroxylation is 1. The molecule has 1 N–H and O–H groups in total. The number of carboxylic acid groups (broad SMARTS) is 1. The fraction of sp³-hybridized carbons (Fsp3) is 0.462. The molecule has 0 aliphatic rings. The fourth-order valence-corrected chi connectivity index (χ4v) is 1.68. The normalized spacial score (nSPS) is 12.8. The predicted molar refractivity (Wildman–Crippen MR) is 60.8 cm³/mol. The molecule has 0 aromatic heterocycles. The van der Waals surface area contributed by atoms with Gasteiger partial charge in [-0.3, -0.25) is 4.79 Å². The molecule has 0 amide bonds. The number of aliphatic carboxylic acids is 1. The lowest BCUT2D eigenvalue weighted by Crippen LogP contribution is -2.22. The Hall–Kier alpha value is -1.31. The van der Waals surface area contributed by atoms with Gasteiger partial charge in [0.1, 0.15) is 0 Å². The second-order valence-corrected chi connectivity index (χ2v) is 4.32. The second-order valence-electron chi connectivity index (χ2n) is 4.32. The maximum absolute atomic E-state index is 11.1. The monoisotopic (exact) mass is 206 g/mol. The van der Waals surface area contributed by atoms with Crippen LogP contribution in [0, 0.1) is 18.8 Å². The van der Waals surface area contributed by atoms with Crippen molar-refractivity contribution in [3.63, 3.8) is 0 Å². The minimum absolute atomic E-state index is 0.169. The Morgan fingerprint density at radius 1 is 1.33 bits per heavy atom. The maximum Gasteiger partial charge on any atom is 0.307 e. The van der Waals surface area contributed by atoms with Crippen molar-refractivity contribution in [2.45, 2.75) is 27.2 Å². The Morgan fingerprint density at radius 3 is 2.40 bits per heavy atom. The number of carbonyl (C=O) groups is 1. The minimum atomic E-state index is -0.701. The highest BCUT2D eigenvalue weighted by Crippen LogP contribution is 2.19. The summed E-state index contributed by atoms with van der Waals surface area (Å²) in [6.07, 6.45) is 0.625. The molecule has 15 heavy (non-hydrogen) atoms. The van der Waals surface area contributed by atoms with E-state index in [9.17, 15) is 4.79 Å². The van der Waals surface area contributed by atoms with Crippen LogP contribution in [0.4, 0.5) is 0 Å². The first kappa shape index (κ1) is 11.8. The lowest BCUT2D eigenvalue weighted by Gasteiger charge is -2.17. The number of carboxylic acids is 1. The van der Waals surface area contributed by atoms with Crippen LogP contribution in [-0.4, -0.2) is 11.1 Å². The largest absolute Gasteiger partial charge is 0.481 e. The van der Waals surface area contributed by atoms with Gasteiger partial charge < -0.3 is 5.11 Å². The van der Waals surface area contributed by atoms with Crippen molar-refractivity contribution in [2.75, 3.05) is 0 Å². The van der Waals surface area contributed by atoms with Gasteiger partial charge in [-0.1, -0.05) is 38.1 Å². The van der Waals surface area contributed by atoms with Gasteiger partial charge in [0, 0.05) is 0 Å². The van der Waals surface area contributed by atoms with E-state index >= 15 is 0 Å². The van der Waals surface area contributed by atoms with Crippen LogP contribution in [0.15, 0.2) is 24.3 Å². The van der Waals surface area contributed by atoms with Crippen LogP contribution in [0.3, 0.4) is 0 Å². The summed E-state index contributed by atoms with van der Waals surface area (Å²) in [4.78, 5) is 11.1. The quantitative estimate of drug-likeness (QED) is 0.822. The van der Waals surface area contributed by atoms with Crippen LogP contribution in [0.1, 0.15) is 25.0 Å². The zero-order chi connectivity index (χ0) is 11.4. The van der Waals surface area contributed by atoms with E-state index in [0.29, 0.717) is 6.42 Å². The van der Waals surface area contributed by atoms with Gasteiger partial charge in [-0.05, 0) is 30.4 Å². The van der Waals surface area contributed by atoms with Crippen LogP contribution < -0.4 is 0 Å². The van der Waals surface area contributed by atoms with E-state index in [2.05, 4.69) is 0 Å². The highest BCUT2D eigenvalue weighted by Gasteiger charge is 2.22. The molecule has 1 rings (SSSR count). The van der Waals surface area contributed by atoms with Gasteiger partial charge >= 0.3 is 5.97 Å². The van der Waals surface area contributed by atoms with E-state index in [1.54, 1.807) is 0 Å². The van der Waals surface area contributed by atoms with E-state index in [0.717, 1.165) is 5.56 Å². The van der Waals surface area contributed by atoms with Crippen molar-refractivity contribution < 1.29 is 9.90 Å². The number of benzene rings is 1. The summed E-state index contributed by atoms with van der Waals surface area (Å²) < 4.78 is 0. The first-order valence-corrected chi connectivity index (χ1v) is 5.29. The molecule has 1 aromatic rings. The first-order chi connectivity index (χ1) is 7.02. The molecule has 1 unspecified atom stereocenters. The highest BCUT2D eigenvalue weighted by molar-refractivity contribution is 5.70. The molecule has 0 radical (unpaired) electrons. The molecule has 82 valence electrons. The topological polar surface area (TPSA) is 37.3 Å². The fourth-order valence-electron chi connectivity index (χ4n) is 1.68. The SMILES string of the molecule is Cc1ccccc1CC(C(=O)O)C(C)C. The van der Waals surface area contributed by atoms with Crippen LogP contribution in [0.25, 0.3) is 0 Å². The summed E-state index contributed by atoms with van der Waals surface area (Å²) in [5.74, 6) is -0.818. The third-order valence-corrected chi connectivity index (χ3v) is 2.82. The molecule has 0 saturated carbocycles. The van der Waals surface area contributed by atoms with Crippen molar-refractivity contribution in [1.29, 1.82) is 0 Å². The van der Waals surface area contributed by atoms with Gasteiger partial charge in [0.25, 0.3) is 0 Å². The Morgan fingerprint density at radius 2 is 1.93 bits per heavy atom. The molecular weight excluding hydrogens is 188 g/mol. The van der Waals surface area contributed by atoms with Crippen molar-refractivity contribution in [3.05, 3.63) is 35.4 Å². The van der Waals surface area contributed by atoms with E-state index in [1.807, 2.05) is 45.0 Å². The molecule has 2 nitrogen and oxygen atoms in total. The van der Waals surface area contributed by atoms with Crippen LogP contribution in [0.2, 0.25) is 0 Å². The predicted octanol–water partition coefficient (Wildman–Crippen LogP) is 2.89. The summed E-state index contributed by atoms with van der Waals surface area (Å²) in [5.41, 5.74) is 2.31. The summed E-state index contributed by atoms with van der Waals surface area (Å²) in [6.45, 7) is 5.93. The third kappa shape index (κ3) is 3.08. The first-order valence-electron chi connectivity index (χ1n) is 5.29. The zero-order valence-corrected chi connectivity index (χ0v) is 9.53. The standard InChI is InChI=1S/C13H18O2/c1-9(2)12(13(14)15)8-11-7-5-4-6-10(11)3/h4-7,9,12H,8H2,1-3H3,(H,14,15). The molecule has 0 fully saturated rings. The van der Waals surface area contributed by atoms with E-state index < -0.39 is 5.97 Å². The van der Waals surface area contributed by atoms with Gasteiger partial charge in [-0.15, -0.1) is 0 Å². The van der Waals surface area contributed by atoms with E-state index in [-0.39, 0.29) is 11.8 Å². The highest BCUT2D eigenvalue weighted by atomic mass is 16.4. The summed E-state index contributed by atoms with van der Waals surface area (Å²) in [7, 11) is 0. The van der Waals surface area contributed by atoms with E-state index in [1.165, 1.54) is 5.56 Å². The van der Waals surface area contributed by atoms with Crippen molar-refractivity contribution >= 4 is 5.97 Å². The molecule has 0 aliphatic carbocycles. The van der Waals surface area contributed by atoms with E-state index in [4.69, 9.17) is 5.11 Å². The summed E-state index contributed by atoms with van der Waals surface area (Å²) >= 11 is 0. The smallest absolute Gasteiger partial charge is 0.307 e. The molecule has 0 heterocycles. The molecular formula is C13H18O2. The molecule has 0 aliphatic heterocycles. The summed E-state index contributed by atoms with van der Waals surface area (Å²) in [6, 6.07) is 7.97. The van der Waals surface area contributed by atoms with Crippen LogP contribution >= 0.6 is 0 Å². The van der Waals surface area contributed by atoms with Crippen LogP contribution in [-0.2, 0) is 11.2 Å². The van der Waals surface area contributed by atoms with Gasteiger partial charge in [-0.2, -0.15) is 0 Å². The van der Waals surface area contributed by atoms with Crippen molar-refractivity contribution in [3.8, 4) is 0 Å². The number of hydrogen-bond acceptors (Lipinski definition) is 1. The molecule has 2 heteroatoms. The Balaban J connectivity index is 2.84. The second kappa shape index (κ2) is 4.96. The van der Waals surface area contributed by atoms with Gasteiger partial charge in [0.05, 0.1) is 5.92 Å². The average molecular weight is 206 g/mol. The zero-order valence-electron chi connectivity index (χ0n) is 9.53. The molecule has 0 saturated heterocycles. The molecule has 0 spiro atoms. The van der Waals surface area contributed by atoms with Crippen molar-refractivity contribution in [1.82, 2.24) is 0 Å². The van der Waals surface area contributed by atoms with Gasteiger partial charge in [0.2, 0.25) is 0 Å². The lowest BCUT2D eigenvalue weighted by molar-refractivity contribution is -0.143. The maximum atomic E-state index is 11.1. The average Bonchev–Trinajstić information content (AvgIpc) is 2.15. The molecule has 1 aromatic carbocycles. The Labute approximate surface area is 90.9 Å². The minimum Gasteiger partial charge on any atom is -0.481 e. The molecule has 0 bridgehead atoms. The third-order valence-electron chi connectivity index (χ3n) is 2.82. The summed E-state index contributed by atoms with van der Waals surface area (Å²) in [5, 5.41) is 9.10. The van der Waals surface area contributed by atoms with Gasteiger partial charge in [0.15, 0.2) is 0 Å². The van der Waals surface area contributed by atoms with Gasteiger partial charge in [-0.25, -0.2) is 0 Å². The Kier molecular flexibility index (Phi) is 3.89. The van der Waals surface area contributed by atoms with Crippen LogP contribution in [0.5, 0.6) is 0 Å². The lowest BCUT2D eigenvalue weighted by atomic mass is 9.88.